The Bertz CT molecular complexity index is 339. The van der Waals surface area contributed by atoms with Crippen LogP contribution in [0.1, 0.15) is 25.6 Å². The molecule has 0 nitrogen and oxygen atoms in total. The molecular weight excluding hydrogens is 264 g/mol. The first kappa shape index (κ1) is 11.2. The molecule has 1 heterocycles. The quantitative estimate of drug-likeness (QED) is 0.541. The molecule has 0 aliphatic carbocycles. The van der Waals surface area contributed by atoms with Crippen LogP contribution in [0.5, 0.6) is 0 Å². The molecule has 0 N–H and O–H groups in total. The fourth-order valence-corrected chi connectivity index (χ4v) is 3.57. The van der Waals surface area contributed by atoms with E-state index in [1.165, 1.54) is 4.90 Å². The molecule has 13 heavy (non-hydrogen) atoms. The van der Waals surface area contributed by atoms with Crippen LogP contribution < -0.4 is 0 Å². The van der Waals surface area contributed by atoms with Gasteiger partial charge in [0.2, 0.25) is 0 Å². The van der Waals surface area contributed by atoms with E-state index in [-0.39, 0.29) is 4.75 Å². The second-order valence-electron chi connectivity index (χ2n) is 3.60. The molecule has 0 radical (unpaired) electrons. The topological polar surface area (TPSA) is 0 Å². The van der Waals surface area contributed by atoms with Crippen molar-refractivity contribution in [2.24, 2.45) is 0 Å². The Hall–Kier alpha value is 0.0900. The van der Waals surface area contributed by atoms with Crippen molar-refractivity contribution in [2.75, 3.05) is 0 Å². The lowest BCUT2D eigenvalue weighted by molar-refractivity contribution is 0.802. The molecular formula is C10H11BrS2. The van der Waals surface area contributed by atoms with E-state index in [4.69, 9.17) is 6.42 Å². The summed E-state index contributed by atoms with van der Waals surface area (Å²) in [5.41, 5.74) is 0. The van der Waals surface area contributed by atoms with E-state index in [9.17, 15) is 0 Å². The average Bonchev–Trinajstić information content (AvgIpc) is 2.30. The molecule has 0 saturated carbocycles. The highest BCUT2D eigenvalue weighted by atomic mass is 79.9. The Labute approximate surface area is 96.3 Å². The van der Waals surface area contributed by atoms with E-state index in [0.29, 0.717) is 0 Å². The monoisotopic (exact) mass is 274 g/mol. The zero-order valence-electron chi connectivity index (χ0n) is 7.85. The molecule has 3 heteroatoms. The molecule has 0 aliphatic rings. The van der Waals surface area contributed by atoms with Crippen LogP contribution in [0.15, 0.2) is 14.7 Å². The van der Waals surface area contributed by atoms with Crippen molar-refractivity contribution < 1.29 is 0 Å². The van der Waals surface area contributed by atoms with Crippen molar-refractivity contribution >= 4 is 39.0 Å². The van der Waals surface area contributed by atoms with Gasteiger partial charge in [0, 0.05) is 19.5 Å². The van der Waals surface area contributed by atoms with Gasteiger partial charge in [-0.3, -0.25) is 0 Å². The third-order valence-corrected chi connectivity index (χ3v) is 4.71. The number of halogens is 1. The minimum absolute atomic E-state index is 0.204. The zero-order chi connectivity index (χ0) is 10.1. The molecule has 0 bridgehead atoms. The van der Waals surface area contributed by atoms with Crippen LogP contribution in [0.2, 0.25) is 0 Å². The molecule has 1 rings (SSSR count). The van der Waals surface area contributed by atoms with Gasteiger partial charge < -0.3 is 0 Å². The largest absolute Gasteiger partial charge is 0.133 e. The summed E-state index contributed by atoms with van der Waals surface area (Å²) in [5, 5.41) is 2.04. The van der Waals surface area contributed by atoms with Crippen LogP contribution in [0.25, 0.3) is 0 Å². The number of thioether (sulfide) groups is 1. The summed E-state index contributed by atoms with van der Waals surface area (Å²) in [5.74, 6) is 2.71. The van der Waals surface area contributed by atoms with Gasteiger partial charge in [-0.25, -0.2) is 0 Å². The van der Waals surface area contributed by atoms with Crippen LogP contribution in [-0.2, 0) is 0 Å². The predicted molar refractivity (Wildman–Crippen MR) is 65.6 cm³/mol. The van der Waals surface area contributed by atoms with Crippen LogP contribution in [-0.4, -0.2) is 4.75 Å². The standard InChI is InChI=1S/C10H11BrS2/c1-5-8-9(7(11)6-12-8)13-10(2,3)4/h1,6H,2-4H3. The van der Waals surface area contributed by atoms with Gasteiger partial charge in [-0.1, -0.05) is 26.7 Å². The minimum atomic E-state index is 0.204. The highest BCUT2D eigenvalue weighted by molar-refractivity contribution is 9.10. The van der Waals surface area contributed by atoms with E-state index in [1.54, 1.807) is 23.1 Å². The lowest BCUT2D eigenvalue weighted by atomic mass is 10.3. The van der Waals surface area contributed by atoms with Crippen LogP contribution in [0.3, 0.4) is 0 Å². The van der Waals surface area contributed by atoms with Gasteiger partial charge in [-0.05, 0) is 15.9 Å². The molecule has 70 valence electrons. The van der Waals surface area contributed by atoms with E-state index in [0.717, 1.165) is 9.35 Å². The second-order valence-corrected chi connectivity index (χ2v) is 7.17. The van der Waals surface area contributed by atoms with Crippen molar-refractivity contribution in [3.8, 4) is 12.3 Å². The van der Waals surface area contributed by atoms with Gasteiger partial charge in [0.15, 0.2) is 0 Å². The van der Waals surface area contributed by atoms with E-state index < -0.39 is 0 Å². The lowest BCUT2D eigenvalue weighted by Gasteiger charge is -2.17. The van der Waals surface area contributed by atoms with E-state index in [2.05, 4.69) is 42.6 Å². The molecule has 0 spiro atoms. The second kappa shape index (κ2) is 4.08. The summed E-state index contributed by atoms with van der Waals surface area (Å²) >= 11 is 6.92. The average molecular weight is 275 g/mol. The third kappa shape index (κ3) is 3.05. The maximum Gasteiger partial charge on any atom is 0.0913 e. The number of rotatable bonds is 1. The summed E-state index contributed by atoms with van der Waals surface area (Å²) in [6.07, 6.45) is 5.41. The van der Waals surface area contributed by atoms with E-state index >= 15 is 0 Å². The summed E-state index contributed by atoms with van der Waals surface area (Å²) in [7, 11) is 0. The minimum Gasteiger partial charge on any atom is -0.133 e. The Balaban J connectivity index is 3.00. The van der Waals surface area contributed by atoms with Gasteiger partial charge >= 0.3 is 0 Å². The van der Waals surface area contributed by atoms with Crippen molar-refractivity contribution in [1.29, 1.82) is 0 Å². The molecule has 0 saturated heterocycles. The number of hydrogen-bond acceptors (Lipinski definition) is 2. The molecule has 1 aromatic rings. The van der Waals surface area contributed by atoms with E-state index in [1.807, 2.05) is 5.38 Å². The summed E-state index contributed by atoms with van der Waals surface area (Å²) in [6, 6.07) is 0. The molecule has 0 unspecified atom stereocenters. The number of terminal acetylenes is 1. The van der Waals surface area contributed by atoms with Crippen molar-refractivity contribution in [3.05, 3.63) is 14.7 Å². The molecule has 0 aromatic carbocycles. The molecule has 0 aliphatic heterocycles. The van der Waals surface area contributed by atoms with Crippen molar-refractivity contribution in [2.45, 2.75) is 30.4 Å². The van der Waals surface area contributed by atoms with Gasteiger partial charge in [0.1, 0.15) is 0 Å². The maximum absolute atomic E-state index is 5.41. The first-order valence-electron chi connectivity index (χ1n) is 3.86. The SMILES string of the molecule is C#Cc1scc(Br)c1SC(C)(C)C. The molecule has 0 fully saturated rings. The lowest BCUT2D eigenvalue weighted by Crippen LogP contribution is -2.06. The smallest absolute Gasteiger partial charge is 0.0913 e. The Morgan fingerprint density at radius 1 is 1.54 bits per heavy atom. The zero-order valence-corrected chi connectivity index (χ0v) is 11.1. The highest BCUT2D eigenvalue weighted by Gasteiger charge is 2.17. The van der Waals surface area contributed by atoms with Crippen molar-refractivity contribution in [3.63, 3.8) is 0 Å². The summed E-state index contributed by atoms with van der Waals surface area (Å²) in [4.78, 5) is 2.21. The Kier molecular flexibility index (Phi) is 3.50. The molecule has 0 atom stereocenters. The summed E-state index contributed by atoms with van der Waals surface area (Å²) in [6.45, 7) is 6.55. The molecule has 1 aromatic heterocycles. The first-order chi connectivity index (χ1) is 5.94. The number of hydrogen-bond donors (Lipinski definition) is 0. The number of thiophene rings is 1. The summed E-state index contributed by atoms with van der Waals surface area (Å²) < 4.78 is 1.32. The first-order valence-corrected chi connectivity index (χ1v) is 6.35. The van der Waals surface area contributed by atoms with Gasteiger partial charge in [0.05, 0.1) is 4.88 Å². The van der Waals surface area contributed by atoms with Crippen molar-refractivity contribution in [1.82, 2.24) is 0 Å². The third-order valence-electron chi connectivity index (χ3n) is 1.24. The Morgan fingerprint density at radius 3 is 2.62 bits per heavy atom. The van der Waals surface area contributed by atoms with Crippen LogP contribution >= 0.6 is 39.0 Å². The van der Waals surface area contributed by atoms with Gasteiger partial charge in [-0.15, -0.1) is 29.5 Å². The van der Waals surface area contributed by atoms with Gasteiger partial charge in [-0.2, -0.15) is 0 Å². The Morgan fingerprint density at radius 2 is 2.15 bits per heavy atom. The predicted octanol–water partition coefficient (Wildman–Crippen LogP) is 4.38. The maximum atomic E-state index is 5.41. The fraction of sp³-hybridized carbons (Fsp3) is 0.400. The van der Waals surface area contributed by atoms with Gasteiger partial charge in [0.25, 0.3) is 0 Å². The van der Waals surface area contributed by atoms with Crippen LogP contribution in [0, 0.1) is 12.3 Å². The van der Waals surface area contributed by atoms with Crippen LogP contribution in [0.4, 0.5) is 0 Å². The highest BCUT2D eigenvalue weighted by Crippen LogP contribution is 2.41. The normalized spacial score (nSPS) is 11.3. The fourth-order valence-electron chi connectivity index (χ4n) is 0.827. The molecule has 0 amide bonds.